The monoisotopic (exact) mass is 2650 g/mol. The van der Waals surface area contributed by atoms with E-state index in [4.69, 9.17) is 20.4 Å². The van der Waals surface area contributed by atoms with Crippen LogP contribution in [-0.4, -0.2) is 69.6 Å². The van der Waals surface area contributed by atoms with E-state index >= 15 is 0 Å². The molecule has 677 valence electrons. The van der Waals surface area contributed by atoms with Crippen molar-refractivity contribution in [2.45, 2.75) is 86.6 Å². The Bertz CT molecular complexity index is 6760. The summed E-state index contributed by atoms with van der Waals surface area (Å²) in [4.78, 5) is 7.06. The summed E-state index contributed by atoms with van der Waals surface area (Å²) >= 11 is 0. The van der Waals surface area contributed by atoms with Crippen LogP contribution in [0.3, 0.4) is 0 Å². The van der Waals surface area contributed by atoms with Crippen molar-refractivity contribution in [1.82, 2.24) is 53.5 Å². The van der Waals surface area contributed by atoms with E-state index in [0.29, 0.717) is 0 Å². The Labute approximate surface area is 846 Å². The van der Waals surface area contributed by atoms with Crippen molar-refractivity contribution in [2.75, 3.05) is 14.7 Å². The molecule has 6 aromatic heterocycles. The van der Waals surface area contributed by atoms with E-state index in [0.717, 1.165) is 113 Å². The topological polar surface area (TPSA) is 104 Å². The normalized spacial score (nSPS) is 12.2. The molecule has 0 unspecified atom stereocenters. The third-order valence-electron chi connectivity index (χ3n) is 24.9. The molecule has 2 aliphatic rings. The van der Waals surface area contributed by atoms with Gasteiger partial charge in [0.15, 0.2) is 0 Å². The number of aromatic nitrogens is 11. The van der Waals surface area contributed by atoms with Crippen LogP contribution < -0.4 is 30.3 Å². The molecule has 13 aromatic carbocycles. The Morgan fingerprint density at radius 2 is 0.591 bits per heavy atom. The fourth-order valence-electron chi connectivity index (χ4n) is 18.1. The Morgan fingerprint density at radius 3 is 0.977 bits per heavy atom. The van der Waals surface area contributed by atoms with Gasteiger partial charge < -0.3 is 19.3 Å². The van der Waals surface area contributed by atoms with Crippen LogP contribution in [0.1, 0.15) is 53.4 Å². The van der Waals surface area contributed by atoms with Crippen LogP contribution in [0.25, 0.3) is 83.8 Å². The summed E-state index contributed by atoms with van der Waals surface area (Å²) in [5, 5.41) is 30.9. The van der Waals surface area contributed by atoms with Gasteiger partial charge in [-0.25, -0.2) is 25.5 Å². The van der Waals surface area contributed by atoms with Crippen LogP contribution in [0.15, 0.2) is 328 Å². The van der Waals surface area contributed by atoms with E-state index in [2.05, 4.69) is 360 Å². The number of anilines is 9. The predicted octanol–water partition coefficient (Wildman–Crippen LogP) is 24.8. The molecule has 0 spiro atoms. The van der Waals surface area contributed by atoms with Gasteiger partial charge in [-0.3, -0.25) is 23.4 Å². The summed E-state index contributed by atoms with van der Waals surface area (Å²) in [6.07, 6.45) is 0. The zero-order valence-electron chi connectivity index (χ0n) is 77.1. The number of benzene rings is 13. The molecule has 14 nitrogen and oxygen atoms in total. The van der Waals surface area contributed by atoms with E-state index in [1.165, 1.54) is 76.9 Å². The number of hydrogen-bond donors (Lipinski definition) is 0. The average molecular weight is 2650 g/mol. The van der Waals surface area contributed by atoms with Gasteiger partial charge >= 0.3 is 0 Å². The van der Waals surface area contributed by atoms with Crippen molar-refractivity contribution >= 4 is 105 Å². The minimum atomic E-state index is -1.79. The molecule has 0 N–H and O–H groups in total. The van der Waals surface area contributed by atoms with Gasteiger partial charge in [0, 0.05) is 243 Å². The van der Waals surface area contributed by atoms with Crippen molar-refractivity contribution in [3.8, 4) is 62.0 Å². The van der Waals surface area contributed by atoms with E-state index in [1.807, 2.05) is 162 Å². The summed E-state index contributed by atoms with van der Waals surface area (Å²) in [5.74, 6) is 0. The van der Waals surface area contributed by atoms with Crippen LogP contribution in [0, 0.1) is 65.0 Å². The smallest absolute Gasteiger partial charge is 0.117 e. The summed E-state index contributed by atoms with van der Waals surface area (Å²) in [5.41, 5.74) is 32.4. The van der Waals surface area contributed by atoms with Crippen molar-refractivity contribution in [3.63, 3.8) is 0 Å². The Morgan fingerprint density at radius 1 is 0.303 bits per heavy atom. The molecule has 0 amide bonds. The summed E-state index contributed by atoms with van der Waals surface area (Å²) in [6, 6.07) is 130. The summed E-state index contributed by atoms with van der Waals surface area (Å²) < 4.78 is 12.2. The zero-order valence-corrected chi connectivity index (χ0v) is 91.1. The molecule has 21 rings (SSSR count). The minimum absolute atomic E-state index is 0. The quantitative estimate of drug-likeness (QED) is 0.0880. The van der Waals surface area contributed by atoms with Crippen molar-refractivity contribution in [1.29, 1.82) is 0 Å². The fourth-order valence-corrected chi connectivity index (χ4v) is 23.3. The second kappa shape index (κ2) is 42.3. The number of hydrogen-bond acceptors (Lipinski definition) is 8. The number of fused-ring (bicyclic) bond motifs is 7. The number of para-hydroxylation sites is 8. The van der Waals surface area contributed by atoms with Crippen molar-refractivity contribution in [3.05, 3.63) is 398 Å². The maximum Gasteiger partial charge on any atom is 0.117 e. The van der Waals surface area contributed by atoms with Gasteiger partial charge in [0.25, 0.3) is 0 Å². The maximum atomic E-state index is 4.89. The first kappa shape index (κ1) is 99.8. The molecule has 8 heterocycles. The molecule has 2 aliphatic heterocycles. The van der Waals surface area contributed by atoms with E-state index in [9.17, 15) is 0 Å². The maximum absolute atomic E-state index is 4.89. The van der Waals surface area contributed by atoms with E-state index in [1.54, 1.807) is 0 Å². The Kier molecular flexibility index (Phi) is 32.0. The van der Waals surface area contributed by atoms with Crippen LogP contribution in [0.2, 0.25) is 32.7 Å². The zero-order chi connectivity index (χ0) is 88.6. The van der Waals surface area contributed by atoms with Crippen LogP contribution in [0.5, 0.6) is 0 Å². The Balaban J connectivity index is 0.000000149. The van der Waals surface area contributed by atoms with Crippen molar-refractivity contribution in [2.24, 2.45) is 35.2 Å². The summed E-state index contributed by atoms with van der Waals surface area (Å²) in [6.45, 7) is 27.3. The van der Waals surface area contributed by atoms with Gasteiger partial charge in [0.05, 0.1) is 41.9 Å². The molecule has 0 aliphatic carbocycles. The molecule has 0 bridgehead atoms. The summed E-state index contributed by atoms with van der Waals surface area (Å²) in [7, 11) is 6.86. The molecule has 0 saturated heterocycles. The molecule has 5 radical (unpaired) electrons. The number of rotatable bonds is 12. The van der Waals surface area contributed by atoms with Gasteiger partial charge in [0.2, 0.25) is 0 Å². The predicted molar refractivity (Wildman–Crippen MR) is 531 cm³/mol. The van der Waals surface area contributed by atoms with Crippen LogP contribution in [0.4, 0.5) is 51.2 Å². The molecule has 0 atom stereocenters. The second-order valence-electron chi connectivity index (χ2n) is 34.6. The van der Waals surface area contributed by atoms with E-state index in [-0.39, 0.29) is 106 Å². The third kappa shape index (κ3) is 19.2. The minimum Gasteiger partial charge on any atom is -0.315 e. The SMILES string of the molecule is Cc1c(-n2c3ccccc3c3ccccc32)c(-c2[c-]cccc2)nn1C.Cc1c(N(c2ccccc2)c2ccccc2)c(-c2[c-]cccc2)nn1C.Cc1c(N2c3ccccc3C(C)(C)c3ccccc32)c(-c2[c-]cccc2)nn1C.Cc1c(N2c3ccccc3[Si](C)(C)c3ccccc32)c(-c2[c-]cccc2)nn1C.Cc1c([Si](C)(C)C)c(-c2[c-]cccc2)nn1C.[Ir].[Ir].[Ir].[Ir].[Ir]. The first-order valence-electron chi connectivity index (χ1n) is 43.3. The van der Waals surface area contributed by atoms with Gasteiger partial charge in [0.1, 0.15) is 8.07 Å². The second-order valence-corrected chi connectivity index (χ2v) is 43.9. The molecular weight excluding hydrogens is 2550 g/mol. The molecule has 0 fully saturated rings. The van der Waals surface area contributed by atoms with Gasteiger partial charge in [-0.2, -0.15) is 0 Å². The molecule has 21 heteroatoms. The largest absolute Gasteiger partial charge is 0.315 e. The molecule has 0 saturated carbocycles. The molecule has 19 aromatic rings. The number of aryl methyl sites for hydroxylation is 5. The van der Waals surface area contributed by atoms with Gasteiger partial charge in [-0.05, 0) is 117 Å². The van der Waals surface area contributed by atoms with Crippen LogP contribution in [-0.2, 0) is 141 Å². The van der Waals surface area contributed by atoms with Gasteiger partial charge in [-0.1, -0.05) is 197 Å². The van der Waals surface area contributed by atoms with Gasteiger partial charge in [-0.15, -0.1) is 179 Å². The number of nitrogens with zero attached hydrogens (tertiary/aromatic N) is 14. The van der Waals surface area contributed by atoms with E-state index < -0.39 is 16.1 Å². The van der Waals surface area contributed by atoms with Crippen LogP contribution >= 0.6 is 0 Å². The fraction of sp³-hybridized carbons (Fsp3) is 0.162. The third-order valence-corrected chi connectivity index (χ3v) is 30.5. The van der Waals surface area contributed by atoms with Crippen molar-refractivity contribution < 1.29 is 101 Å². The molecular formula is C111H105Ir5N14Si2-5. The average Bonchev–Trinajstić information content (AvgIpc) is 1.20. The first-order chi connectivity index (χ1) is 61.4. The standard InChI is InChI=1S/C26H24N3.C25H24N3Si.C23H18N3.C23H20N3.C14H19N2Si.5Ir/c1-18-25(24(27-28(18)4)19-12-6-5-7-13-19)29-22-16-10-8-14-20(22)26(2,3)21-15-9-11-17-23(21)29;1-18-25(24(26-27(18)2)19-12-6-5-7-13-19)28-20-14-8-10-16-22(20)29(3,4)23-17-11-9-15-21(23)28;1-16-23(22(24-25(16)2)17-10-4-3-5-11-17)26-20-14-8-6-12-18(20)19-13-7-9-15-21(19)26;1-18-23(22(24-25(18)2)19-12-6-3-7-13-19)26(20-14-8-4-9-15-20)21-16-10-5-11-17-21;1-11-14(17(3,4)5)13(15-16(11)2)12-9-7-6-8-10-12;;;;;/h2*5-12,14-17H,1-4H3;3-10,12-15H,1-2H3;3-12,14-17H,1-2H3;6-9H,1-5H3;;;;;/q5*-1;;;;;. The Hall–Kier alpha value is -11.2. The first-order valence-corrected chi connectivity index (χ1v) is 49.8. The molecule has 132 heavy (non-hydrogen) atoms.